The standard InChI is InChI=1S/C10H15F3N2S/c1-3-9-15-6-8(16-9)5-14-7(2)4-10(11,12)13/h6-7,14H,3-5H2,1-2H3. The SMILES string of the molecule is CCc1ncc(CNC(C)CC(F)(F)F)s1. The molecule has 0 saturated carbocycles. The molecular formula is C10H15F3N2S. The smallest absolute Gasteiger partial charge is 0.309 e. The molecule has 1 aromatic rings. The Labute approximate surface area is 96.9 Å². The number of rotatable bonds is 5. The van der Waals surface area contributed by atoms with Gasteiger partial charge in [0.2, 0.25) is 0 Å². The van der Waals surface area contributed by atoms with E-state index in [1.807, 2.05) is 6.92 Å². The molecule has 0 aliphatic heterocycles. The van der Waals surface area contributed by atoms with E-state index in [2.05, 4.69) is 10.3 Å². The largest absolute Gasteiger partial charge is 0.390 e. The number of hydrogen-bond acceptors (Lipinski definition) is 3. The molecule has 1 aromatic heterocycles. The molecule has 0 radical (unpaired) electrons. The van der Waals surface area contributed by atoms with Crippen molar-refractivity contribution in [1.82, 2.24) is 10.3 Å². The maximum atomic E-state index is 12.0. The predicted molar refractivity (Wildman–Crippen MR) is 58.5 cm³/mol. The number of nitrogens with one attached hydrogen (secondary N) is 1. The molecule has 0 fully saturated rings. The Bertz CT molecular complexity index is 322. The van der Waals surface area contributed by atoms with Crippen molar-refractivity contribution in [2.24, 2.45) is 0 Å². The normalized spacial score (nSPS) is 14.1. The Balaban J connectivity index is 2.34. The van der Waals surface area contributed by atoms with Gasteiger partial charge in [-0.05, 0) is 13.3 Å². The fourth-order valence-corrected chi connectivity index (χ4v) is 2.10. The lowest BCUT2D eigenvalue weighted by Gasteiger charge is -2.14. The van der Waals surface area contributed by atoms with Crippen molar-refractivity contribution in [3.8, 4) is 0 Å². The minimum Gasteiger partial charge on any atom is -0.309 e. The second-order valence-electron chi connectivity index (χ2n) is 3.68. The molecule has 1 rings (SSSR count). The van der Waals surface area contributed by atoms with Crippen LogP contribution >= 0.6 is 11.3 Å². The van der Waals surface area contributed by atoms with Crippen molar-refractivity contribution in [3.63, 3.8) is 0 Å². The van der Waals surface area contributed by atoms with Crippen LogP contribution in [0.25, 0.3) is 0 Å². The van der Waals surface area contributed by atoms with Crippen LogP contribution in [0.5, 0.6) is 0 Å². The molecule has 16 heavy (non-hydrogen) atoms. The lowest BCUT2D eigenvalue weighted by atomic mass is 10.2. The highest BCUT2D eigenvalue weighted by Gasteiger charge is 2.29. The summed E-state index contributed by atoms with van der Waals surface area (Å²) in [5.74, 6) is 0. The Kier molecular flexibility index (Phi) is 4.73. The average Bonchev–Trinajstić information content (AvgIpc) is 2.59. The van der Waals surface area contributed by atoms with Gasteiger partial charge in [0.1, 0.15) is 0 Å². The molecule has 0 aliphatic carbocycles. The maximum absolute atomic E-state index is 12.0. The van der Waals surface area contributed by atoms with Crippen LogP contribution in [0.2, 0.25) is 0 Å². The minimum absolute atomic E-state index is 0.453. The Morgan fingerprint density at radius 3 is 2.69 bits per heavy atom. The molecule has 2 nitrogen and oxygen atoms in total. The van der Waals surface area contributed by atoms with Crippen LogP contribution in [0, 0.1) is 0 Å². The van der Waals surface area contributed by atoms with Crippen LogP contribution in [0.4, 0.5) is 13.2 Å². The fourth-order valence-electron chi connectivity index (χ4n) is 1.29. The van der Waals surface area contributed by atoms with E-state index in [1.165, 1.54) is 18.3 Å². The fraction of sp³-hybridized carbons (Fsp3) is 0.700. The molecule has 1 N–H and O–H groups in total. The summed E-state index contributed by atoms with van der Waals surface area (Å²) in [7, 11) is 0. The van der Waals surface area contributed by atoms with Crippen molar-refractivity contribution < 1.29 is 13.2 Å². The van der Waals surface area contributed by atoms with E-state index in [0.717, 1.165) is 16.3 Å². The second-order valence-corrected chi connectivity index (χ2v) is 4.87. The van der Waals surface area contributed by atoms with Crippen LogP contribution < -0.4 is 5.32 Å². The highest BCUT2D eigenvalue weighted by Crippen LogP contribution is 2.21. The summed E-state index contributed by atoms with van der Waals surface area (Å²) in [6.45, 7) is 3.99. The van der Waals surface area contributed by atoms with Gasteiger partial charge < -0.3 is 5.32 Å². The van der Waals surface area contributed by atoms with Gasteiger partial charge in [-0.3, -0.25) is 0 Å². The summed E-state index contributed by atoms with van der Waals surface area (Å²) in [6, 6.07) is -0.563. The van der Waals surface area contributed by atoms with E-state index in [-0.39, 0.29) is 0 Å². The highest BCUT2D eigenvalue weighted by molar-refractivity contribution is 7.11. The number of aromatic nitrogens is 1. The Morgan fingerprint density at radius 1 is 1.50 bits per heavy atom. The van der Waals surface area contributed by atoms with Gasteiger partial charge in [-0.25, -0.2) is 4.98 Å². The number of thiazole rings is 1. The van der Waals surface area contributed by atoms with Crippen LogP contribution in [-0.2, 0) is 13.0 Å². The van der Waals surface area contributed by atoms with Crippen molar-refractivity contribution >= 4 is 11.3 Å². The first kappa shape index (κ1) is 13.4. The zero-order chi connectivity index (χ0) is 12.2. The number of nitrogens with zero attached hydrogens (tertiary/aromatic N) is 1. The summed E-state index contributed by atoms with van der Waals surface area (Å²) >= 11 is 1.54. The van der Waals surface area contributed by atoms with Gasteiger partial charge in [0.15, 0.2) is 0 Å². The van der Waals surface area contributed by atoms with Gasteiger partial charge >= 0.3 is 6.18 Å². The summed E-state index contributed by atoms with van der Waals surface area (Å²) in [5, 5.41) is 3.86. The van der Waals surface area contributed by atoms with Crippen LogP contribution in [0.1, 0.15) is 30.2 Å². The van der Waals surface area contributed by atoms with Crippen molar-refractivity contribution in [2.45, 2.75) is 45.5 Å². The molecule has 0 aliphatic rings. The summed E-state index contributed by atoms with van der Waals surface area (Å²) in [4.78, 5) is 5.12. The van der Waals surface area contributed by atoms with Crippen LogP contribution in [0.3, 0.4) is 0 Å². The van der Waals surface area contributed by atoms with E-state index in [4.69, 9.17) is 0 Å². The summed E-state index contributed by atoms with van der Waals surface area (Å²) in [6.07, 6.45) is -2.32. The van der Waals surface area contributed by atoms with E-state index in [9.17, 15) is 13.2 Å². The number of halogens is 3. The average molecular weight is 252 g/mol. The van der Waals surface area contributed by atoms with Gasteiger partial charge in [0.05, 0.1) is 11.4 Å². The Hall–Kier alpha value is -0.620. The first-order valence-corrected chi connectivity index (χ1v) is 5.96. The zero-order valence-electron chi connectivity index (χ0n) is 9.27. The first-order valence-electron chi connectivity index (χ1n) is 5.14. The molecular weight excluding hydrogens is 237 g/mol. The van der Waals surface area contributed by atoms with Gasteiger partial charge in [-0.1, -0.05) is 6.92 Å². The molecule has 0 amide bonds. The number of alkyl halides is 3. The highest BCUT2D eigenvalue weighted by atomic mass is 32.1. The van der Waals surface area contributed by atoms with Crippen molar-refractivity contribution in [2.75, 3.05) is 0 Å². The van der Waals surface area contributed by atoms with E-state index >= 15 is 0 Å². The summed E-state index contributed by atoms with van der Waals surface area (Å²) in [5.41, 5.74) is 0. The molecule has 6 heteroatoms. The van der Waals surface area contributed by atoms with Gasteiger partial charge in [-0.15, -0.1) is 11.3 Å². The third kappa shape index (κ3) is 4.94. The van der Waals surface area contributed by atoms with E-state index in [1.54, 1.807) is 6.20 Å². The summed E-state index contributed by atoms with van der Waals surface area (Å²) < 4.78 is 36.1. The number of hydrogen-bond donors (Lipinski definition) is 1. The van der Waals surface area contributed by atoms with Crippen molar-refractivity contribution in [3.05, 3.63) is 16.1 Å². The lowest BCUT2D eigenvalue weighted by molar-refractivity contribution is -0.139. The Morgan fingerprint density at radius 2 is 2.19 bits per heavy atom. The van der Waals surface area contributed by atoms with Crippen LogP contribution in [0.15, 0.2) is 6.20 Å². The van der Waals surface area contributed by atoms with Gasteiger partial charge in [-0.2, -0.15) is 13.2 Å². The monoisotopic (exact) mass is 252 g/mol. The molecule has 0 saturated heterocycles. The third-order valence-electron chi connectivity index (χ3n) is 2.07. The molecule has 1 atom stereocenters. The predicted octanol–water partition coefficient (Wildman–Crippen LogP) is 3.14. The molecule has 0 aromatic carbocycles. The van der Waals surface area contributed by atoms with E-state index < -0.39 is 18.6 Å². The quantitative estimate of drug-likeness (QED) is 0.870. The molecule has 0 spiro atoms. The van der Waals surface area contributed by atoms with Gasteiger partial charge in [0.25, 0.3) is 0 Å². The molecule has 92 valence electrons. The molecule has 1 heterocycles. The van der Waals surface area contributed by atoms with Crippen molar-refractivity contribution in [1.29, 1.82) is 0 Å². The van der Waals surface area contributed by atoms with E-state index in [0.29, 0.717) is 6.54 Å². The topological polar surface area (TPSA) is 24.9 Å². The molecule has 0 bridgehead atoms. The van der Waals surface area contributed by atoms with Crippen LogP contribution in [-0.4, -0.2) is 17.2 Å². The lowest BCUT2D eigenvalue weighted by Crippen LogP contribution is -2.30. The zero-order valence-corrected chi connectivity index (χ0v) is 10.1. The second kappa shape index (κ2) is 5.63. The number of aryl methyl sites for hydroxylation is 1. The maximum Gasteiger partial charge on any atom is 0.390 e. The first-order chi connectivity index (χ1) is 7.40. The minimum atomic E-state index is -4.10. The molecule has 1 unspecified atom stereocenters. The van der Waals surface area contributed by atoms with Gasteiger partial charge in [0, 0.05) is 23.7 Å². The third-order valence-corrected chi connectivity index (χ3v) is 3.21.